The minimum atomic E-state index is -0.111. The zero-order valence-electron chi connectivity index (χ0n) is 18.1. The van der Waals surface area contributed by atoms with E-state index in [0.717, 1.165) is 35.2 Å². The van der Waals surface area contributed by atoms with Gasteiger partial charge in [-0.15, -0.1) is 23.0 Å². The smallest absolute Gasteiger partial charge is 0.263 e. The first-order valence-electron chi connectivity index (χ1n) is 10.7. The fourth-order valence-electron chi connectivity index (χ4n) is 4.20. The van der Waals surface area contributed by atoms with Crippen molar-refractivity contribution in [2.24, 2.45) is 5.92 Å². The lowest BCUT2D eigenvalue weighted by molar-refractivity contribution is 0.509. The third-order valence-corrected chi connectivity index (χ3v) is 8.07. The third kappa shape index (κ3) is 3.69. The summed E-state index contributed by atoms with van der Waals surface area (Å²) in [5.74, 6) is 1.36. The van der Waals surface area contributed by atoms with E-state index in [1.165, 1.54) is 22.2 Å². The van der Waals surface area contributed by atoms with Crippen LogP contribution in [0, 0.1) is 5.92 Å². The van der Waals surface area contributed by atoms with Crippen molar-refractivity contribution in [2.75, 3.05) is 0 Å². The average Bonchev–Trinajstić information content (AvgIpc) is 3.41. The van der Waals surface area contributed by atoms with Crippen LogP contribution in [0.1, 0.15) is 41.8 Å². The van der Waals surface area contributed by atoms with Crippen LogP contribution in [0.5, 0.6) is 0 Å². The maximum absolute atomic E-state index is 13.5. The van der Waals surface area contributed by atoms with E-state index < -0.39 is 0 Å². The molecule has 1 aromatic carbocycles. The molecule has 3 aromatic heterocycles. The molecule has 1 aliphatic rings. The molecule has 0 spiro atoms. The number of benzene rings is 1. The maximum atomic E-state index is 13.5. The quantitative estimate of drug-likeness (QED) is 0.236. The Hall–Kier alpha value is -2.78. The number of para-hydroxylation sites is 1. The number of aromatic nitrogens is 6. The van der Waals surface area contributed by atoms with Gasteiger partial charge in [0.15, 0.2) is 11.0 Å². The summed E-state index contributed by atoms with van der Waals surface area (Å²) in [4.78, 5) is 20.6. The van der Waals surface area contributed by atoms with E-state index in [0.29, 0.717) is 23.4 Å². The number of allylic oxidation sites excluding steroid dienone is 1. The van der Waals surface area contributed by atoms with Gasteiger partial charge in [-0.1, -0.05) is 43.0 Å². The Labute approximate surface area is 194 Å². The lowest BCUT2D eigenvalue weighted by Crippen LogP contribution is -2.24. The molecule has 2 unspecified atom stereocenters. The number of rotatable bonds is 6. The first kappa shape index (κ1) is 21.1. The summed E-state index contributed by atoms with van der Waals surface area (Å²) >= 11 is 3.17. The molecule has 7 nitrogen and oxygen atoms in total. The second kappa shape index (κ2) is 8.63. The van der Waals surface area contributed by atoms with Crippen LogP contribution in [0.15, 0.2) is 52.9 Å². The topological polar surface area (TPSA) is 78.5 Å². The Balaban J connectivity index is 1.56. The van der Waals surface area contributed by atoms with E-state index in [-0.39, 0.29) is 10.8 Å². The van der Waals surface area contributed by atoms with Crippen LogP contribution < -0.4 is 5.56 Å². The predicted molar refractivity (Wildman–Crippen MR) is 129 cm³/mol. The molecule has 0 saturated carbocycles. The van der Waals surface area contributed by atoms with Crippen LogP contribution in [0.2, 0.25) is 0 Å². The minimum absolute atomic E-state index is 0.0271. The Morgan fingerprint density at radius 2 is 2.16 bits per heavy atom. The van der Waals surface area contributed by atoms with Gasteiger partial charge >= 0.3 is 0 Å². The van der Waals surface area contributed by atoms with Crippen LogP contribution in [0.3, 0.4) is 0 Å². The highest BCUT2D eigenvalue weighted by molar-refractivity contribution is 7.99. The largest absolute Gasteiger partial charge is 0.283 e. The Kier molecular flexibility index (Phi) is 5.69. The third-order valence-electron chi connectivity index (χ3n) is 5.83. The molecule has 0 fully saturated rings. The van der Waals surface area contributed by atoms with Crippen molar-refractivity contribution in [3.8, 4) is 5.69 Å². The van der Waals surface area contributed by atoms with E-state index in [1.807, 2.05) is 37.3 Å². The van der Waals surface area contributed by atoms with Gasteiger partial charge in [0.1, 0.15) is 4.83 Å². The van der Waals surface area contributed by atoms with Gasteiger partial charge < -0.3 is 0 Å². The van der Waals surface area contributed by atoms with E-state index in [9.17, 15) is 4.79 Å². The number of hydrogen-bond acceptors (Lipinski definition) is 7. The second-order valence-corrected chi connectivity index (χ2v) is 10.6. The van der Waals surface area contributed by atoms with Crippen molar-refractivity contribution >= 4 is 33.3 Å². The SMILES string of the molecule is C=CCn1c(SC(C)c2nnnn2-c2ccccc2)nc2sc3c(c2c1=O)CCC(C)C3. The molecule has 0 aliphatic heterocycles. The summed E-state index contributed by atoms with van der Waals surface area (Å²) < 4.78 is 3.47. The molecule has 9 heteroatoms. The predicted octanol–water partition coefficient (Wildman–Crippen LogP) is 4.60. The molecular weight excluding hydrogens is 440 g/mol. The van der Waals surface area contributed by atoms with Gasteiger partial charge in [-0.2, -0.15) is 4.68 Å². The fraction of sp³-hybridized carbons (Fsp3) is 0.348. The Bertz CT molecular complexity index is 1340. The fourth-order valence-corrected chi connectivity index (χ4v) is 6.62. The molecule has 3 heterocycles. The standard InChI is InChI=1S/C23H24N6OS2/c1-4-12-28-22(30)19-17-11-10-14(2)13-18(17)32-21(19)24-23(28)31-15(3)20-25-26-27-29(20)16-8-6-5-7-9-16/h4-9,14-15H,1,10-13H2,2-3H3. The molecule has 164 valence electrons. The number of tetrazole rings is 1. The van der Waals surface area contributed by atoms with Gasteiger partial charge in [0, 0.05) is 11.4 Å². The van der Waals surface area contributed by atoms with Crippen molar-refractivity contribution in [1.29, 1.82) is 0 Å². The van der Waals surface area contributed by atoms with Crippen molar-refractivity contribution in [1.82, 2.24) is 29.8 Å². The lowest BCUT2D eigenvalue weighted by Gasteiger charge is -2.18. The summed E-state index contributed by atoms with van der Waals surface area (Å²) in [6.07, 6.45) is 4.85. The van der Waals surface area contributed by atoms with Gasteiger partial charge in [-0.25, -0.2) is 4.98 Å². The number of hydrogen-bond donors (Lipinski definition) is 0. The summed E-state index contributed by atoms with van der Waals surface area (Å²) in [6.45, 7) is 8.58. The monoisotopic (exact) mass is 464 g/mol. The highest BCUT2D eigenvalue weighted by atomic mass is 32.2. The van der Waals surface area contributed by atoms with Gasteiger partial charge in [-0.3, -0.25) is 9.36 Å². The normalized spacial score (nSPS) is 16.8. The summed E-state index contributed by atoms with van der Waals surface area (Å²) in [5.41, 5.74) is 2.13. The highest BCUT2D eigenvalue weighted by Gasteiger charge is 2.26. The summed E-state index contributed by atoms with van der Waals surface area (Å²) in [5, 5.41) is 13.7. The molecule has 0 N–H and O–H groups in total. The number of thioether (sulfide) groups is 1. The molecule has 4 aromatic rings. The van der Waals surface area contributed by atoms with E-state index in [1.54, 1.807) is 26.7 Å². The first-order valence-corrected chi connectivity index (χ1v) is 12.4. The molecule has 5 rings (SSSR count). The van der Waals surface area contributed by atoms with Crippen LogP contribution in [0.25, 0.3) is 15.9 Å². The number of fused-ring (bicyclic) bond motifs is 3. The highest BCUT2D eigenvalue weighted by Crippen LogP contribution is 2.38. The molecule has 0 amide bonds. The maximum Gasteiger partial charge on any atom is 0.263 e. The van der Waals surface area contributed by atoms with Gasteiger partial charge in [0.05, 0.1) is 16.3 Å². The summed E-state index contributed by atoms with van der Waals surface area (Å²) in [7, 11) is 0. The van der Waals surface area contributed by atoms with Crippen molar-refractivity contribution < 1.29 is 0 Å². The van der Waals surface area contributed by atoms with Crippen LogP contribution in [-0.4, -0.2) is 29.8 Å². The molecule has 2 atom stereocenters. The number of nitrogens with zero attached hydrogens (tertiary/aromatic N) is 6. The van der Waals surface area contributed by atoms with E-state index in [2.05, 4.69) is 29.0 Å². The minimum Gasteiger partial charge on any atom is -0.283 e. The van der Waals surface area contributed by atoms with Crippen LogP contribution in [-0.2, 0) is 19.4 Å². The van der Waals surface area contributed by atoms with Gasteiger partial charge in [-0.05, 0) is 60.2 Å². The van der Waals surface area contributed by atoms with E-state index in [4.69, 9.17) is 4.98 Å². The van der Waals surface area contributed by atoms with Crippen LogP contribution in [0.4, 0.5) is 0 Å². The molecule has 0 saturated heterocycles. The molecule has 0 radical (unpaired) electrons. The molecular formula is C23H24N6OS2. The summed E-state index contributed by atoms with van der Waals surface area (Å²) in [6, 6.07) is 9.80. The zero-order chi connectivity index (χ0) is 22.2. The van der Waals surface area contributed by atoms with Crippen molar-refractivity contribution in [3.63, 3.8) is 0 Å². The molecule has 0 bridgehead atoms. The van der Waals surface area contributed by atoms with Crippen molar-refractivity contribution in [2.45, 2.75) is 50.1 Å². The second-order valence-electron chi connectivity index (χ2n) is 8.18. The van der Waals surface area contributed by atoms with Crippen LogP contribution >= 0.6 is 23.1 Å². The first-order chi connectivity index (χ1) is 15.6. The Morgan fingerprint density at radius 3 is 2.94 bits per heavy atom. The number of aryl methyl sites for hydroxylation is 1. The Morgan fingerprint density at radius 1 is 1.34 bits per heavy atom. The molecule has 1 aliphatic carbocycles. The van der Waals surface area contributed by atoms with Gasteiger partial charge in [0.2, 0.25) is 0 Å². The average molecular weight is 465 g/mol. The van der Waals surface area contributed by atoms with Crippen molar-refractivity contribution in [3.05, 3.63) is 69.6 Å². The lowest BCUT2D eigenvalue weighted by atomic mass is 9.89. The van der Waals surface area contributed by atoms with E-state index >= 15 is 0 Å². The zero-order valence-corrected chi connectivity index (χ0v) is 19.7. The molecule has 32 heavy (non-hydrogen) atoms. The van der Waals surface area contributed by atoms with Gasteiger partial charge in [0.25, 0.3) is 5.56 Å². The number of thiophene rings is 1.